The number of hydrogen-bond donors (Lipinski definition) is 1. The van der Waals surface area contributed by atoms with E-state index in [4.69, 9.17) is 9.47 Å². The Morgan fingerprint density at radius 1 is 1.08 bits per heavy atom. The Bertz CT molecular complexity index is 1520. The van der Waals surface area contributed by atoms with E-state index in [9.17, 15) is 9.59 Å². The Hall–Kier alpha value is -3.94. The monoisotopic (exact) mass is 516 g/mol. The summed E-state index contributed by atoms with van der Waals surface area (Å²) >= 11 is 0. The molecule has 8 nitrogen and oxygen atoms in total. The van der Waals surface area contributed by atoms with Crippen molar-refractivity contribution in [2.24, 2.45) is 13.0 Å². The van der Waals surface area contributed by atoms with Gasteiger partial charge in [-0.1, -0.05) is 19.9 Å². The van der Waals surface area contributed by atoms with Crippen LogP contribution in [0.1, 0.15) is 46.7 Å². The van der Waals surface area contributed by atoms with E-state index < -0.39 is 11.7 Å². The zero-order valence-corrected chi connectivity index (χ0v) is 23.2. The summed E-state index contributed by atoms with van der Waals surface area (Å²) in [7, 11) is 1.76. The Morgan fingerprint density at radius 2 is 1.84 bits per heavy atom. The minimum Gasteiger partial charge on any atom is -0.491 e. The smallest absolute Gasteiger partial charge is 0.407 e. The highest BCUT2D eigenvalue weighted by Gasteiger charge is 2.22. The fourth-order valence-electron chi connectivity index (χ4n) is 4.64. The molecule has 3 aromatic heterocycles. The van der Waals surface area contributed by atoms with E-state index in [1.807, 2.05) is 64.1 Å². The average Bonchev–Trinajstić information content (AvgIpc) is 2.84. The van der Waals surface area contributed by atoms with Gasteiger partial charge in [0.05, 0.1) is 28.3 Å². The van der Waals surface area contributed by atoms with Gasteiger partial charge in [-0.25, -0.2) is 4.79 Å². The predicted octanol–water partition coefficient (Wildman–Crippen LogP) is 5.78. The fourth-order valence-corrected chi connectivity index (χ4v) is 4.64. The lowest BCUT2D eigenvalue weighted by Gasteiger charge is -2.25. The Balaban J connectivity index is 1.80. The number of aryl methyl sites for hydroxylation is 2. The van der Waals surface area contributed by atoms with Crippen LogP contribution in [0.3, 0.4) is 0 Å². The number of ether oxygens (including phenoxy) is 2. The standard InChI is InChI=1S/C30H36N4O4/c1-18(2)14-20(33-29(36)38-30(4,5)6)17-37-26-16-25-22(15-23(26)24-10-8-9-12-32-24)21-11-13-31-19(3)27(21)28(35)34(25)7/h8-13,15-16,18,20H,14,17H2,1-7H3,(H,33,36). The molecule has 8 heteroatoms. The van der Waals surface area contributed by atoms with Crippen LogP contribution in [-0.2, 0) is 11.8 Å². The Morgan fingerprint density at radius 3 is 2.50 bits per heavy atom. The number of amides is 1. The molecule has 0 saturated heterocycles. The second-order valence-corrected chi connectivity index (χ2v) is 11.0. The quantitative estimate of drug-likeness (QED) is 0.313. The van der Waals surface area contributed by atoms with Gasteiger partial charge in [-0.3, -0.25) is 14.8 Å². The van der Waals surface area contributed by atoms with Crippen LogP contribution in [-0.4, -0.2) is 38.9 Å². The maximum atomic E-state index is 13.3. The van der Waals surface area contributed by atoms with Gasteiger partial charge in [-0.2, -0.15) is 0 Å². The lowest BCUT2D eigenvalue weighted by Crippen LogP contribution is -2.42. The number of benzene rings is 1. The summed E-state index contributed by atoms with van der Waals surface area (Å²) in [5.41, 5.74) is 2.27. The molecule has 3 heterocycles. The molecule has 0 spiro atoms. The van der Waals surface area contributed by atoms with Crippen LogP contribution >= 0.6 is 0 Å². The van der Waals surface area contributed by atoms with Crippen molar-refractivity contribution >= 4 is 27.8 Å². The molecule has 1 amide bonds. The zero-order valence-electron chi connectivity index (χ0n) is 23.2. The van der Waals surface area contributed by atoms with Crippen molar-refractivity contribution in [1.29, 1.82) is 0 Å². The number of hydrogen-bond acceptors (Lipinski definition) is 6. The first kappa shape index (κ1) is 27.1. The van der Waals surface area contributed by atoms with E-state index in [0.29, 0.717) is 29.2 Å². The molecular weight excluding hydrogens is 480 g/mol. The minimum absolute atomic E-state index is 0.112. The lowest BCUT2D eigenvalue weighted by atomic mass is 10.0. The van der Waals surface area contributed by atoms with Gasteiger partial charge >= 0.3 is 6.09 Å². The Labute approximate surface area is 223 Å². The summed E-state index contributed by atoms with van der Waals surface area (Å²) in [6.07, 6.45) is 3.69. The highest BCUT2D eigenvalue weighted by molar-refractivity contribution is 6.08. The van der Waals surface area contributed by atoms with Crippen molar-refractivity contribution < 1.29 is 14.3 Å². The van der Waals surface area contributed by atoms with Gasteiger partial charge in [-0.15, -0.1) is 0 Å². The highest BCUT2D eigenvalue weighted by atomic mass is 16.6. The predicted molar refractivity (Wildman–Crippen MR) is 151 cm³/mol. The topological polar surface area (TPSA) is 95.3 Å². The molecule has 0 saturated carbocycles. The van der Waals surface area contributed by atoms with Gasteiger partial charge in [0.2, 0.25) is 0 Å². The third-order valence-corrected chi connectivity index (χ3v) is 6.27. The summed E-state index contributed by atoms with van der Waals surface area (Å²) in [6.45, 7) is 11.8. The van der Waals surface area contributed by atoms with Crippen LogP contribution in [0.15, 0.2) is 53.6 Å². The van der Waals surface area contributed by atoms with E-state index in [1.54, 1.807) is 24.0 Å². The van der Waals surface area contributed by atoms with Crippen LogP contribution in [0.4, 0.5) is 4.79 Å². The van der Waals surface area contributed by atoms with E-state index in [2.05, 4.69) is 29.1 Å². The average molecular weight is 517 g/mol. The van der Waals surface area contributed by atoms with Gasteiger partial charge in [0.25, 0.3) is 5.56 Å². The van der Waals surface area contributed by atoms with Crippen molar-refractivity contribution in [2.45, 2.75) is 59.6 Å². The van der Waals surface area contributed by atoms with Crippen molar-refractivity contribution in [1.82, 2.24) is 19.9 Å². The maximum absolute atomic E-state index is 13.3. The van der Waals surface area contributed by atoms with Crippen molar-refractivity contribution in [3.63, 3.8) is 0 Å². The number of nitrogens with one attached hydrogen (secondary N) is 1. The molecule has 0 bridgehead atoms. The molecule has 0 fully saturated rings. The summed E-state index contributed by atoms with van der Waals surface area (Å²) < 4.78 is 13.5. The van der Waals surface area contributed by atoms with Crippen LogP contribution < -0.4 is 15.6 Å². The van der Waals surface area contributed by atoms with Crippen molar-refractivity contribution in [3.8, 4) is 17.0 Å². The minimum atomic E-state index is -0.598. The fraction of sp³-hybridized carbons (Fsp3) is 0.400. The molecule has 4 aromatic rings. The Kier molecular flexibility index (Phi) is 7.71. The number of nitrogens with zero attached hydrogens (tertiary/aromatic N) is 3. The molecule has 1 N–H and O–H groups in total. The highest BCUT2D eigenvalue weighted by Crippen LogP contribution is 2.36. The summed E-state index contributed by atoms with van der Waals surface area (Å²) in [6, 6.07) is 11.2. The van der Waals surface area contributed by atoms with Crippen molar-refractivity contribution in [3.05, 3.63) is 64.8 Å². The molecule has 0 radical (unpaired) electrons. The third-order valence-electron chi connectivity index (χ3n) is 6.27. The molecule has 0 aliphatic heterocycles. The first-order valence-electron chi connectivity index (χ1n) is 12.9. The molecule has 0 aliphatic carbocycles. The second-order valence-electron chi connectivity index (χ2n) is 11.0. The molecule has 1 aromatic carbocycles. The van der Waals surface area contributed by atoms with Gasteiger partial charge in [0.1, 0.15) is 18.0 Å². The van der Waals surface area contributed by atoms with E-state index in [1.165, 1.54) is 0 Å². The molecule has 1 unspecified atom stereocenters. The van der Waals surface area contributed by atoms with Gasteiger partial charge in [0.15, 0.2) is 0 Å². The number of fused-ring (bicyclic) bond motifs is 3. The van der Waals surface area contributed by atoms with Crippen LogP contribution in [0, 0.1) is 12.8 Å². The van der Waals surface area contributed by atoms with Gasteiger partial charge in [-0.05, 0) is 69.7 Å². The number of aromatic nitrogens is 3. The number of carbonyl (C=O) groups is 1. The van der Waals surface area contributed by atoms with Crippen molar-refractivity contribution in [2.75, 3.05) is 6.61 Å². The first-order chi connectivity index (χ1) is 17.9. The normalized spacial score (nSPS) is 12.6. The molecule has 38 heavy (non-hydrogen) atoms. The van der Waals surface area contributed by atoms with E-state index in [-0.39, 0.29) is 18.2 Å². The zero-order chi connectivity index (χ0) is 27.6. The SMILES string of the molecule is Cc1nccc2c1c(=O)n(C)c1cc(OCC(CC(C)C)NC(=O)OC(C)(C)C)c(-c3ccccn3)cc21. The summed E-state index contributed by atoms with van der Waals surface area (Å²) in [4.78, 5) is 34.7. The summed E-state index contributed by atoms with van der Waals surface area (Å²) in [5.74, 6) is 0.908. The van der Waals surface area contributed by atoms with E-state index >= 15 is 0 Å². The second kappa shape index (κ2) is 10.8. The van der Waals surface area contributed by atoms with Gasteiger partial charge < -0.3 is 19.4 Å². The van der Waals surface area contributed by atoms with E-state index in [0.717, 1.165) is 27.5 Å². The molecule has 200 valence electrons. The first-order valence-corrected chi connectivity index (χ1v) is 12.9. The van der Waals surface area contributed by atoms with Crippen LogP contribution in [0.2, 0.25) is 0 Å². The van der Waals surface area contributed by atoms with Crippen LogP contribution in [0.25, 0.3) is 32.9 Å². The summed E-state index contributed by atoms with van der Waals surface area (Å²) in [5, 5.41) is 5.30. The number of pyridine rings is 3. The molecule has 4 rings (SSSR count). The largest absolute Gasteiger partial charge is 0.491 e. The maximum Gasteiger partial charge on any atom is 0.407 e. The molecule has 0 aliphatic rings. The number of alkyl carbamates (subject to hydrolysis) is 1. The molecular formula is C30H36N4O4. The molecule has 1 atom stereocenters. The third kappa shape index (κ3) is 5.96. The lowest BCUT2D eigenvalue weighted by molar-refractivity contribution is 0.0480. The number of rotatable bonds is 7. The van der Waals surface area contributed by atoms with Crippen LogP contribution in [0.5, 0.6) is 5.75 Å². The van der Waals surface area contributed by atoms with Gasteiger partial charge in [0, 0.05) is 36.5 Å². The number of carbonyl (C=O) groups excluding carboxylic acids is 1.